The van der Waals surface area contributed by atoms with Gasteiger partial charge in [0, 0.05) is 7.11 Å². The fourth-order valence-corrected chi connectivity index (χ4v) is 5.59. The molecular formula is C43H64O9. The van der Waals surface area contributed by atoms with Gasteiger partial charge in [-0.25, -0.2) is 4.79 Å². The summed E-state index contributed by atoms with van der Waals surface area (Å²) in [7, 11) is 1.41. The minimum absolute atomic E-state index is 0.124. The first-order valence-electron chi connectivity index (χ1n) is 19.2. The van der Waals surface area contributed by atoms with Crippen LogP contribution in [0.25, 0.3) is 6.08 Å². The summed E-state index contributed by atoms with van der Waals surface area (Å²) in [6, 6.07) is 13.8. The number of benzene rings is 2. The molecule has 0 heterocycles. The highest BCUT2D eigenvalue weighted by molar-refractivity contribution is 5.91. The molecule has 0 aliphatic rings. The minimum atomic E-state index is -0.975. The molecule has 2 aromatic carbocycles. The third-order valence-electron chi connectivity index (χ3n) is 9.77. The van der Waals surface area contributed by atoms with Crippen LogP contribution in [0.3, 0.4) is 0 Å². The number of hydrogen-bond donors (Lipinski definition) is 1. The van der Waals surface area contributed by atoms with Crippen molar-refractivity contribution in [3.8, 4) is 11.5 Å². The summed E-state index contributed by atoms with van der Waals surface area (Å²) in [4.78, 5) is 38.4. The molecule has 52 heavy (non-hydrogen) atoms. The summed E-state index contributed by atoms with van der Waals surface area (Å²) in [5.74, 6) is 0.714. The lowest BCUT2D eigenvalue weighted by atomic mass is 9.79. The monoisotopic (exact) mass is 724 g/mol. The minimum Gasteiger partial charge on any atom is -0.494 e. The van der Waals surface area contributed by atoms with E-state index in [9.17, 15) is 19.5 Å². The van der Waals surface area contributed by atoms with Crippen LogP contribution in [0.2, 0.25) is 0 Å². The van der Waals surface area contributed by atoms with Gasteiger partial charge in [0.05, 0.1) is 36.2 Å². The second kappa shape index (κ2) is 23.8. The first kappa shape index (κ1) is 44.5. The molecule has 0 saturated heterocycles. The van der Waals surface area contributed by atoms with Gasteiger partial charge in [-0.2, -0.15) is 0 Å². The van der Waals surface area contributed by atoms with E-state index in [-0.39, 0.29) is 11.9 Å². The van der Waals surface area contributed by atoms with E-state index >= 15 is 0 Å². The van der Waals surface area contributed by atoms with Gasteiger partial charge in [0.25, 0.3) is 0 Å². The van der Waals surface area contributed by atoms with Crippen LogP contribution in [0, 0.1) is 16.7 Å². The van der Waals surface area contributed by atoms with E-state index in [0.29, 0.717) is 62.1 Å². The van der Waals surface area contributed by atoms with Crippen LogP contribution in [0.1, 0.15) is 135 Å². The van der Waals surface area contributed by atoms with E-state index in [0.717, 1.165) is 63.4 Å². The maximum absolute atomic E-state index is 13.0. The van der Waals surface area contributed by atoms with Gasteiger partial charge < -0.3 is 28.8 Å². The zero-order chi connectivity index (χ0) is 38.4. The quantitative estimate of drug-likeness (QED) is 0.0438. The Morgan fingerprint density at radius 3 is 2.04 bits per heavy atom. The van der Waals surface area contributed by atoms with Crippen molar-refractivity contribution in [1.82, 2.24) is 0 Å². The van der Waals surface area contributed by atoms with E-state index in [1.807, 2.05) is 27.7 Å². The van der Waals surface area contributed by atoms with E-state index in [2.05, 4.69) is 13.8 Å². The van der Waals surface area contributed by atoms with Gasteiger partial charge >= 0.3 is 17.9 Å². The number of aliphatic hydroxyl groups is 1. The van der Waals surface area contributed by atoms with Crippen LogP contribution >= 0.6 is 0 Å². The lowest BCUT2D eigenvalue weighted by Crippen LogP contribution is -2.32. The number of rotatable bonds is 26. The molecule has 0 amide bonds. The van der Waals surface area contributed by atoms with Crippen LogP contribution in [0.15, 0.2) is 54.6 Å². The van der Waals surface area contributed by atoms with Gasteiger partial charge in [-0.15, -0.1) is 0 Å². The summed E-state index contributed by atoms with van der Waals surface area (Å²) in [6.07, 6.45) is 12.9. The van der Waals surface area contributed by atoms with Crippen LogP contribution in [0.5, 0.6) is 11.5 Å². The molecule has 0 spiro atoms. The van der Waals surface area contributed by atoms with Crippen molar-refractivity contribution < 1.29 is 43.2 Å². The largest absolute Gasteiger partial charge is 0.494 e. The Morgan fingerprint density at radius 1 is 0.769 bits per heavy atom. The molecule has 3 unspecified atom stereocenters. The van der Waals surface area contributed by atoms with Gasteiger partial charge in [-0.05, 0) is 126 Å². The third kappa shape index (κ3) is 16.3. The molecule has 0 aliphatic carbocycles. The predicted molar refractivity (Wildman–Crippen MR) is 205 cm³/mol. The molecule has 0 radical (unpaired) electrons. The number of unbranched alkanes of at least 4 members (excludes halogenated alkanes) is 4. The third-order valence-corrected chi connectivity index (χ3v) is 9.77. The van der Waals surface area contributed by atoms with E-state index in [1.165, 1.54) is 13.2 Å². The Morgan fingerprint density at radius 2 is 1.42 bits per heavy atom. The molecule has 290 valence electrons. The highest BCUT2D eigenvalue weighted by atomic mass is 16.6. The maximum Gasteiger partial charge on any atom is 0.343 e. The van der Waals surface area contributed by atoms with E-state index < -0.39 is 23.1 Å². The molecule has 0 fully saturated rings. The molecule has 9 heteroatoms. The zero-order valence-electron chi connectivity index (χ0n) is 32.7. The van der Waals surface area contributed by atoms with Crippen molar-refractivity contribution in [3.05, 3.63) is 65.7 Å². The van der Waals surface area contributed by atoms with Crippen molar-refractivity contribution >= 4 is 24.0 Å². The first-order valence-corrected chi connectivity index (χ1v) is 19.2. The fraction of sp³-hybridized carbons (Fsp3) is 0.605. The van der Waals surface area contributed by atoms with Gasteiger partial charge in [0.2, 0.25) is 0 Å². The molecule has 3 atom stereocenters. The molecule has 1 N–H and O–H groups in total. The topological polar surface area (TPSA) is 118 Å². The second-order valence-corrected chi connectivity index (χ2v) is 14.5. The molecule has 9 nitrogen and oxygen atoms in total. The van der Waals surface area contributed by atoms with E-state index in [1.54, 1.807) is 54.6 Å². The van der Waals surface area contributed by atoms with Crippen molar-refractivity contribution in [2.24, 2.45) is 16.7 Å². The summed E-state index contributed by atoms with van der Waals surface area (Å²) >= 11 is 0. The van der Waals surface area contributed by atoms with Crippen LogP contribution < -0.4 is 9.47 Å². The van der Waals surface area contributed by atoms with Crippen LogP contribution in [0.4, 0.5) is 0 Å². The lowest BCUT2D eigenvalue weighted by molar-refractivity contribution is -0.157. The van der Waals surface area contributed by atoms with Crippen molar-refractivity contribution in [3.63, 3.8) is 0 Å². The number of carbonyl (C=O) groups is 3. The predicted octanol–water partition coefficient (Wildman–Crippen LogP) is 9.74. The average molecular weight is 725 g/mol. The molecule has 0 aromatic heterocycles. The Balaban J connectivity index is 1.62. The van der Waals surface area contributed by atoms with Gasteiger partial charge in [0.1, 0.15) is 11.5 Å². The Kier molecular flexibility index (Phi) is 20.3. The molecule has 0 saturated carbocycles. The number of hydrogen-bond acceptors (Lipinski definition) is 9. The van der Waals surface area contributed by atoms with Gasteiger partial charge in [-0.3, -0.25) is 9.59 Å². The van der Waals surface area contributed by atoms with Gasteiger partial charge in [0.15, 0.2) is 6.29 Å². The Hall–Kier alpha value is -3.69. The fourth-order valence-electron chi connectivity index (χ4n) is 5.59. The highest BCUT2D eigenvalue weighted by Crippen LogP contribution is 2.34. The molecule has 2 rings (SSSR count). The number of ether oxygens (including phenoxy) is 5. The van der Waals surface area contributed by atoms with Crippen molar-refractivity contribution in [1.29, 1.82) is 0 Å². The van der Waals surface area contributed by atoms with Crippen molar-refractivity contribution in [2.45, 2.75) is 125 Å². The maximum atomic E-state index is 13.0. The standard InChI is InChI=1S/C43H64O9/c1-8-11-17-33(9-2)32-51-41(47)43(6,10-3)29-16-28-42(4,5)40(46)50-31-15-13-12-14-30-49-36-25-21-35(22-26-36)39(45)52-37-23-18-34(19-24-37)20-27-38(44)48-7/h18-27,33,38,44H,8-17,28-32H2,1-7H3. The molecule has 0 aliphatic heterocycles. The first-order chi connectivity index (χ1) is 24.9. The summed E-state index contributed by atoms with van der Waals surface area (Å²) < 4.78 is 27.5. The normalized spacial score (nSPS) is 14.0. The SMILES string of the molecule is CCCCC(CC)COC(=O)C(C)(CC)CCCC(C)(C)C(=O)OCCCCCCOc1ccc(C(=O)Oc2ccc(C=CC(O)OC)cc2)cc1. The Bertz CT molecular complexity index is 1350. The highest BCUT2D eigenvalue weighted by Gasteiger charge is 2.35. The number of esters is 3. The number of aliphatic hydroxyl groups excluding tert-OH is 1. The second-order valence-electron chi connectivity index (χ2n) is 14.5. The Labute approximate surface area is 312 Å². The number of methoxy groups -OCH3 is 1. The molecule has 0 bridgehead atoms. The van der Waals surface area contributed by atoms with Gasteiger partial charge in [-0.1, -0.05) is 64.7 Å². The molecular weight excluding hydrogens is 660 g/mol. The zero-order valence-corrected chi connectivity index (χ0v) is 32.7. The summed E-state index contributed by atoms with van der Waals surface area (Å²) in [5.41, 5.74) is 0.0771. The number of carbonyl (C=O) groups excluding carboxylic acids is 3. The van der Waals surface area contributed by atoms with Crippen molar-refractivity contribution in [2.75, 3.05) is 26.9 Å². The lowest BCUT2D eigenvalue weighted by Gasteiger charge is -2.29. The smallest absolute Gasteiger partial charge is 0.343 e. The average Bonchev–Trinajstić information content (AvgIpc) is 3.15. The summed E-state index contributed by atoms with van der Waals surface area (Å²) in [6.45, 7) is 13.6. The van der Waals surface area contributed by atoms with Crippen LogP contribution in [-0.4, -0.2) is 56.2 Å². The van der Waals surface area contributed by atoms with E-state index in [4.69, 9.17) is 23.7 Å². The summed E-state index contributed by atoms with van der Waals surface area (Å²) in [5, 5.41) is 9.45. The van der Waals surface area contributed by atoms with Crippen LogP contribution in [-0.2, 0) is 23.8 Å². The molecule has 2 aromatic rings.